The van der Waals surface area contributed by atoms with Gasteiger partial charge in [-0.3, -0.25) is 0 Å². The van der Waals surface area contributed by atoms with Crippen molar-refractivity contribution in [1.29, 1.82) is 5.26 Å². The molecule has 1 heterocycles. The van der Waals surface area contributed by atoms with Crippen molar-refractivity contribution >= 4 is 11.9 Å². The maximum Gasteiger partial charge on any atom is 0.337 e. The number of allylic oxidation sites excluding steroid dienone is 2. The number of benzene rings is 1. The molecule has 0 amide bonds. The highest BCUT2D eigenvalue weighted by Gasteiger charge is 2.37. The first-order valence-corrected chi connectivity index (χ1v) is 7.82. The number of methoxy groups -OCH3 is 1. The van der Waals surface area contributed by atoms with E-state index >= 15 is 0 Å². The summed E-state index contributed by atoms with van der Waals surface area (Å²) in [6.07, 6.45) is 5.17. The summed E-state index contributed by atoms with van der Waals surface area (Å²) in [5.74, 6) is 0.310. The second kappa shape index (κ2) is 8.04. The summed E-state index contributed by atoms with van der Waals surface area (Å²) in [7, 11) is 1.27. The molecular weight excluding hydrogens is 332 g/mol. The summed E-state index contributed by atoms with van der Waals surface area (Å²) in [6.45, 7) is 3.25. The summed E-state index contributed by atoms with van der Waals surface area (Å²) < 4.78 is 10.00. The summed E-state index contributed by atoms with van der Waals surface area (Å²) in [5, 5.41) is 12.2. The number of nitriles is 1. The molecule has 1 aromatic carbocycles. The SMILES string of the molecule is C#CCOC(=O)C1=C(C)NC(C)=C(C(=O)OC)C1c1cccc(C#N)c1. The molecule has 1 atom stereocenters. The lowest BCUT2D eigenvalue weighted by Crippen LogP contribution is -2.32. The van der Waals surface area contributed by atoms with Gasteiger partial charge in [-0.2, -0.15) is 5.26 Å². The fraction of sp³-hybridized carbons (Fsp3) is 0.250. The molecule has 0 saturated carbocycles. The number of dihydropyridines is 1. The summed E-state index contributed by atoms with van der Waals surface area (Å²) in [5.41, 5.74) is 2.66. The van der Waals surface area contributed by atoms with E-state index in [1.54, 1.807) is 38.1 Å². The molecule has 0 spiro atoms. The molecule has 0 saturated heterocycles. The van der Waals surface area contributed by atoms with Crippen LogP contribution in [0.5, 0.6) is 0 Å². The Morgan fingerprint density at radius 3 is 2.46 bits per heavy atom. The Balaban J connectivity index is 2.66. The Bertz CT molecular complexity index is 897. The maximum absolute atomic E-state index is 12.6. The van der Waals surface area contributed by atoms with Crippen molar-refractivity contribution in [2.75, 3.05) is 13.7 Å². The van der Waals surface area contributed by atoms with Crippen LogP contribution in [-0.4, -0.2) is 25.7 Å². The first kappa shape index (κ1) is 18.8. The number of carbonyl (C=O) groups excluding carboxylic acids is 2. The molecule has 0 fully saturated rings. The Kier molecular flexibility index (Phi) is 5.82. The van der Waals surface area contributed by atoms with Crippen LogP contribution in [-0.2, 0) is 19.1 Å². The Labute approximate surface area is 152 Å². The zero-order valence-corrected chi connectivity index (χ0v) is 14.8. The highest BCUT2D eigenvalue weighted by Crippen LogP contribution is 2.39. The van der Waals surface area contributed by atoms with Crippen LogP contribution < -0.4 is 5.32 Å². The van der Waals surface area contributed by atoms with Crippen LogP contribution in [0.3, 0.4) is 0 Å². The van der Waals surface area contributed by atoms with Crippen LogP contribution in [0.4, 0.5) is 0 Å². The molecule has 0 radical (unpaired) electrons. The van der Waals surface area contributed by atoms with Gasteiger partial charge in [0, 0.05) is 11.4 Å². The van der Waals surface area contributed by atoms with E-state index in [4.69, 9.17) is 15.9 Å². The van der Waals surface area contributed by atoms with E-state index in [0.717, 1.165) is 0 Å². The van der Waals surface area contributed by atoms with Gasteiger partial charge in [-0.05, 0) is 31.5 Å². The first-order chi connectivity index (χ1) is 12.4. The van der Waals surface area contributed by atoms with E-state index in [2.05, 4.69) is 17.3 Å². The minimum atomic E-state index is -0.734. The quantitative estimate of drug-likeness (QED) is 0.661. The molecule has 132 valence electrons. The van der Waals surface area contributed by atoms with E-state index < -0.39 is 17.9 Å². The van der Waals surface area contributed by atoms with Gasteiger partial charge in [0.1, 0.15) is 0 Å². The monoisotopic (exact) mass is 350 g/mol. The summed E-state index contributed by atoms with van der Waals surface area (Å²) in [4.78, 5) is 25.0. The molecule has 1 aliphatic heterocycles. The minimum absolute atomic E-state index is 0.184. The first-order valence-electron chi connectivity index (χ1n) is 7.82. The second-order valence-corrected chi connectivity index (χ2v) is 5.64. The lowest BCUT2D eigenvalue weighted by atomic mass is 9.80. The third kappa shape index (κ3) is 3.60. The van der Waals surface area contributed by atoms with Crippen LogP contribution in [0.1, 0.15) is 30.9 Å². The van der Waals surface area contributed by atoms with Crippen LogP contribution in [0, 0.1) is 23.7 Å². The molecule has 6 heteroatoms. The third-order valence-corrected chi connectivity index (χ3v) is 4.02. The van der Waals surface area contributed by atoms with Crippen molar-refractivity contribution in [2.45, 2.75) is 19.8 Å². The number of nitrogens with zero attached hydrogens (tertiary/aromatic N) is 1. The molecule has 1 unspecified atom stereocenters. The number of hydrogen-bond acceptors (Lipinski definition) is 6. The van der Waals surface area contributed by atoms with Crippen LogP contribution >= 0.6 is 0 Å². The summed E-state index contributed by atoms with van der Waals surface area (Å²) in [6, 6.07) is 8.78. The molecule has 0 aliphatic carbocycles. The molecule has 1 aromatic rings. The molecule has 0 bridgehead atoms. The van der Waals surface area contributed by atoms with Gasteiger partial charge in [0.25, 0.3) is 0 Å². The number of nitrogens with one attached hydrogen (secondary N) is 1. The van der Waals surface area contributed by atoms with Gasteiger partial charge >= 0.3 is 11.9 Å². The number of terminal acetylenes is 1. The van der Waals surface area contributed by atoms with Crippen molar-refractivity contribution in [1.82, 2.24) is 5.32 Å². The molecule has 2 rings (SSSR count). The Morgan fingerprint density at radius 1 is 1.23 bits per heavy atom. The van der Waals surface area contributed by atoms with Gasteiger partial charge in [-0.15, -0.1) is 6.42 Å². The predicted octanol–water partition coefficient (Wildman–Crippen LogP) is 2.14. The zero-order chi connectivity index (χ0) is 19.3. The van der Waals surface area contributed by atoms with Crippen LogP contribution in [0.15, 0.2) is 46.8 Å². The standard InChI is InChI=1S/C20H18N2O4/c1-5-9-26-20(24)17-13(3)22-12(2)16(19(23)25-4)18(17)15-8-6-7-14(10-15)11-21/h1,6-8,10,18,22H,9H2,2-4H3. The van der Waals surface area contributed by atoms with Crippen LogP contribution in [0.2, 0.25) is 0 Å². The van der Waals surface area contributed by atoms with Crippen molar-refractivity contribution in [3.8, 4) is 18.4 Å². The molecule has 0 aromatic heterocycles. The van der Waals surface area contributed by atoms with Gasteiger partial charge in [-0.1, -0.05) is 18.1 Å². The molecule has 1 N–H and O–H groups in total. The zero-order valence-electron chi connectivity index (χ0n) is 14.8. The number of esters is 2. The third-order valence-electron chi connectivity index (χ3n) is 4.02. The van der Waals surface area contributed by atoms with E-state index in [0.29, 0.717) is 22.5 Å². The highest BCUT2D eigenvalue weighted by atomic mass is 16.5. The van der Waals surface area contributed by atoms with Gasteiger partial charge in [0.2, 0.25) is 0 Å². The summed E-state index contributed by atoms with van der Waals surface area (Å²) >= 11 is 0. The largest absolute Gasteiger partial charge is 0.466 e. The molecule has 26 heavy (non-hydrogen) atoms. The Morgan fingerprint density at radius 2 is 1.88 bits per heavy atom. The fourth-order valence-corrected chi connectivity index (χ4v) is 2.95. The van der Waals surface area contributed by atoms with Gasteiger partial charge in [0.05, 0.1) is 35.8 Å². The molecule has 1 aliphatic rings. The van der Waals surface area contributed by atoms with Crippen LogP contribution in [0.25, 0.3) is 0 Å². The number of hydrogen-bond donors (Lipinski definition) is 1. The average Bonchev–Trinajstić information content (AvgIpc) is 2.64. The number of rotatable bonds is 4. The van der Waals surface area contributed by atoms with Gasteiger partial charge in [0.15, 0.2) is 6.61 Å². The van der Waals surface area contributed by atoms with Crippen molar-refractivity contribution in [3.05, 3.63) is 57.9 Å². The number of ether oxygens (including phenoxy) is 2. The van der Waals surface area contributed by atoms with E-state index in [1.165, 1.54) is 7.11 Å². The Hall–Kier alpha value is -3.51. The second-order valence-electron chi connectivity index (χ2n) is 5.64. The smallest absolute Gasteiger partial charge is 0.337 e. The lowest BCUT2D eigenvalue weighted by molar-refractivity contribution is -0.138. The van der Waals surface area contributed by atoms with Gasteiger partial charge in [-0.25, -0.2) is 9.59 Å². The maximum atomic E-state index is 12.6. The predicted molar refractivity (Wildman–Crippen MR) is 94.2 cm³/mol. The van der Waals surface area contributed by atoms with E-state index in [-0.39, 0.29) is 17.8 Å². The number of carbonyl (C=O) groups is 2. The molecular formula is C20H18N2O4. The van der Waals surface area contributed by atoms with Gasteiger partial charge < -0.3 is 14.8 Å². The fourth-order valence-electron chi connectivity index (χ4n) is 2.95. The van der Waals surface area contributed by atoms with E-state index in [9.17, 15) is 14.9 Å². The minimum Gasteiger partial charge on any atom is -0.466 e. The lowest BCUT2D eigenvalue weighted by Gasteiger charge is -2.30. The van der Waals surface area contributed by atoms with Crippen molar-refractivity contribution in [3.63, 3.8) is 0 Å². The van der Waals surface area contributed by atoms with Crippen molar-refractivity contribution < 1.29 is 19.1 Å². The highest BCUT2D eigenvalue weighted by molar-refractivity contribution is 5.99. The molecule has 6 nitrogen and oxygen atoms in total. The van der Waals surface area contributed by atoms with Crippen molar-refractivity contribution in [2.24, 2.45) is 0 Å². The topological polar surface area (TPSA) is 88.4 Å². The van der Waals surface area contributed by atoms with E-state index in [1.807, 2.05) is 0 Å². The normalized spacial score (nSPS) is 16.3. The average molecular weight is 350 g/mol.